The van der Waals surface area contributed by atoms with Gasteiger partial charge in [0.15, 0.2) is 5.84 Å². The normalized spacial score (nSPS) is 12.7. The van der Waals surface area contributed by atoms with Crippen molar-refractivity contribution >= 4 is 35.1 Å². The molecule has 1 aliphatic heterocycles. The molecule has 4 rings (SSSR count). The van der Waals surface area contributed by atoms with E-state index in [9.17, 15) is 14.4 Å². The van der Waals surface area contributed by atoms with Crippen molar-refractivity contribution < 1.29 is 28.6 Å². The fourth-order valence-electron chi connectivity index (χ4n) is 3.67. The number of rotatable bonds is 9. The van der Waals surface area contributed by atoms with Crippen LogP contribution < -0.4 is 15.7 Å². The molecule has 0 unspecified atom stereocenters. The highest BCUT2D eigenvalue weighted by molar-refractivity contribution is 6.11. The van der Waals surface area contributed by atoms with Crippen LogP contribution in [-0.4, -0.2) is 43.6 Å². The molecular formula is C28H28N4O6. The molecule has 0 atom stereocenters. The number of hydrogen-bond donors (Lipinski definition) is 1. The summed E-state index contributed by atoms with van der Waals surface area (Å²) in [6.07, 6.45) is 0. The number of amidine groups is 1. The number of nitrogens with zero attached hydrogens (tertiary/aromatic N) is 3. The standard InChI is InChI=1S/C28H28N4O6/c1-4-36-26(33)20-9-7-19(8-10-20)25-29-32(24-17-13-22(14-18-24)28(35)38-6-3)30-31(25)23-15-11-21(12-16-23)27(34)37-5-2/h7-18,30H,4-6H2,1-3H3. The zero-order valence-electron chi connectivity index (χ0n) is 21.3. The molecule has 38 heavy (non-hydrogen) atoms. The molecule has 0 bridgehead atoms. The lowest BCUT2D eigenvalue weighted by atomic mass is 10.1. The van der Waals surface area contributed by atoms with E-state index in [2.05, 4.69) is 5.53 Å². The number of carbonyl (C=O) groups is 3. The molecule has 0 fully saturated rings. The summed E-state index contributed by atoms with van der Waals surface area (Å²) in [6, 6.07) is 20.6. The van der Waals surface area contributed by atoms with E-state index in [1.165, 1.54) is 0 Å². The SMILES string of the molecule is CCOC(=O)c1ccc(C2=NN(c3ccc(C(=O)OCC)cc3)NN2c2ccc(C(=O)OCC)cc2)cc1. The van der Waals surface area contributed by atoms with Gasteiger partial charge >= 0.3 is 17.9 Å². The number of hydrogen-bond acceptors (Lipinski definition) is 10. The smallest absolute Gasteiger partial charge is 0.338 e. The van der Waals surface area contributed by atoms with Crippen molar-refractivity contribution in [3.05, 3.63) is 95.1 Å². The predicted molar refractivity (Wildman–Crippen MR) is 142 cm³/mol. The molecule has 3 aromatic rings. The Balaban J connectivity index is 1.65. The van der Waals surface area contributed by atoms with Crippen LogP contribution in [0.1, 0.15) is 57.4 Å². The number of esters is 3. The molecule has 0 aliphatic carbocycles. The summed E-state index contributed by atoms with van der Waals surface area (Å²) in [5.74, 6) is -0.665. The maximum atomic E-state index is 12.1. The average Bonchev–Trinajstić information content (AvgIpc) is 3.39. The summed E-state index contributed by atoms with van der Waals surface area (Å²) in [4.78, 5) is 36.2. The monoisotopic (exact) mass is 516 g/mol. The Bertz CT molecular complexity index is 1320. The Morgan fingerprint density at radius 1 is 0.632 bits per heavy atom. The first-order chi connectivity index (χ1) is 18.4. The molecular weight excluding hydrogens is 488 g/mol. The van der Waals surface area contributed by atoms with Gasteiger partial charge in [0, 0.05) is 5.56 Å². The summed E-state index contributed by atoms with van der Waals surface area (Å²) < 4.78 is 15.2. The number of hydrazone groups is 1. The van der Waals surface area contributed by atoms with E-state index < -0.39 is 17.9 Å². The third-order valence-electron chi connectivity index (χ3n) is 5.52. The van der Waals surface area contributed by atoms with Crippen LogP contribution in [0.5, 0.6) is 0 Å². The van der Waals surface area contributed by atoms with Crippen molar-refractivity contribution in [2.75, 3.05) is 29.9 Å². The average molecular weight is 517 g/mol. The van der Waals surface area contributed by atoms with Gasteiger partial charge in [-0.2, -0.15) is 5.12 Å². The second kappa shape index (κ2) is 12.0. The molecule has 0 saturated heterocycles. The number of benzene rings is 3. The van der Waals surface area contributed by atoms with Crippen LogP contribution >= 0.6 is 0 Å². The minimum Gasteiger partial charge on any atom is -0.462 e. The van der Waals surface area contributed by atoms with Gasteiger partial charge in [-0.25, -0.2) is 19.4 Å². The minimum atomic E-state index is -0.403. The lowest BCUT2D eigenvalue weighted by molar-refractivity contribution is 0.0516. The fourth-order valence-corrected chi connectivity index (χ4v) is 3.67. The first-order valence-electron chi connectivity index (χ1n) is 12.2. The van der Waals surface area contributed by atoms with Crippen molar-refractivity contribution in [1.29, 1.82) is 0 Å². The predicted octanol–water partition coefficient (Wildman–Crippen LogP) is 4.32. The van der Waals surface area contributed by atoms with Crippen molar-refractivity contribution in [3.8, 4) is 0 Å². The van der Waals surface area contributed by atoms with Crippen molar-refractivity contribution in [1.82, 2.24) is 5.53 Å². The number of nitrogens with one attached hydrogen (secondary N) is 1. The Kier molecular flexibility index (Phi) is 8.34. The van der Waals surface area contributed by atoms with Crippen LogP contribution in [0.3, 0.4) is 0 Å². The topological polar surface area (TPSA) is 110 Å². The van der Waals surface area contributed by atoms with Crippen LogP contribution in [0.4, 0.5) is 11.4 Å². The molecule has 1 heterocycles. The third kappa shape index (κ3) is 5.81. The number of ether oxygens (including phenoxy) is 3. The van der Waals surface area contributed by atoms with E-state index >= 15 is 0 Å². The number of anilines is 2. The summed E-state index contributed by atoms with van der Waals surface area (Å²) in [6.45, 7) is 6.13. The molecule has 0 saturated carbocycles. The first kappa shape index (κ1) is 26.4. The van der Waals surface area contributed by atoms with Gasteiger partial charge in [-0.3, -0.25) is 0 Å². The molecule has 3 aromatic carbocycles. The zero-order valence-corrected chi connectivity index (χ0v) is 21.3. The minimum absolute atomic E-state index is 0.288. The van der Waals surface area contributed by atoms with E-state index in [-0.39, 0.29) is 13.2 Å². The van der Waals surface area contributed by atoms with Gasteiger partial charge < -0.3 is 14.2 Å². The van der Waals surface area contributed by atoms with Crippen molar-refractivity contribution in [2.24, 2.45) is 5.10 Å². The number of carbonyl (C=O) groups excluding carboxylic acids is 3. The highest BCUT2D eigenvalue weighted by Crippen LogP contribution is 2.25. The van der Waals surface area contributed by atoms with Gasteiger partial charge in [-0.15, -0.1) is 10.6 Å². The Hall–Kier alpha value is -4.70. The Labute approximate surface area is 220 Å². The quantitative estimate of drug-likeness (QED) is 0.328. The van der Waals surface area contributed by atoms with Gasteiger partial charge in [-0.05, 0) is 81.4 Å². The summed E-state index contributed by atoms with van der Waals surface area (Å²) in [5.41, 5.74) is 6.61. The molecule has 10 nitrogen and oxygen atoms in total. The third-order valence-corrected chi connectivity index (χ3v) is 5.52. The van der Waals surface area contributed by atoms with E-state index in [0.29, 0.717) is 40.5 Å². The molecule has 0 spiro atoms. The first-order valence-corrected chi connectivity index (χ1v) is 12.2. The van der Waals surface area contributed by atoms with Gasteiger partial charge in [0.25, 0.3) is 0 Å². The van der Waals surface area contributed by atoms with Gasteiger partial charge in [-0.1, -0.05) is 12.1 Å². The molecule has 1 N–H and O–H groups in total. The largest absolute Gasteiger partial charge is 0.462 e. The van der Waals surface area contributed by atoms with Gasteiger partial charge in [0.05, 0.1) is 47.9 Å². The van der Waals surface area contributed by atoms with Crippen LogP contribution in [0.2, 0.25) is 0 Å². The molecule has 0 radical (unpaired) electrons. The van der Waals surface area contributed by atoms with E-state index in [1.807, 2.05) is 0 Å². The molecule has 0 amide bonds. The van der Waals surface area contributed by atoms with E-state index in [1.54, 1.807) is 104 Å². The van der Waals surface area contributed by atoms with Gasteiger partial charge in [0.2, 0.25) is 0 Å². The molecule has 10 heteroatoms. The van der Waals surface area contributed by atoms with Crippen LogP contribution in [0, 0.1) is 0 Å². The van der Waals surface area contributed by atoms with Crippen LogP contribution in [0.15, 0.2) is 77.9 Å². The highest BCUT2D eigenvalue weighted by atomic mass is 16.5. The van der Waals surface area contributed by atoms with Crippen molar-refractivity contribution in [3.63, 3.8) is 0 Å². The molecule has 0 aromatic heterocycles. The van der Waals surface area contributed by atoms with Gasteiger partial charge in [0.1, 0.15) is 0 Å². The lowest BCUT2D eigenvalue weighted by Gasteiger charge is -2.22. The second-order valence-electron chi connectivity index (χ2n) is 8.00. The summed E-state index contributed by atoms with van der Waals surface area (Å²) in [5, 5.41) is 8.04. The van der Waals surface area contributed by atoms with E-state index in [4.69, 9.17) is 19.3 Å². The van der Waals surface area contributed by atoms with Crippen LogP contribution in [-0.2, 0) is 14.2 Å². The zero-order chi connectivity index (χ0) is 27.1. The summed E-state index contributed by atoms with van der Waals surface area (Å²) >= 11 is 0. The highest BCUT2D eigenvalue weighted by Gasteiger charge is 2.27. The molecule has 1 aliphatic rings. The fraction of sp³-hybridized carbons (Fsp3) is 0.214. The maximum absolute atomic E-state index is 12.1. The van der Waals surface area contributed by atoms with E-state index in [0.717, 1.165) is 5.56 Å². The number of hydrazine groups is 2. The van der Waals surface area contributed by atoms with Crippen molar-refractivity contribution in [2.45, 2.75) is 20.8 Å². The Morgan fingerprint density at radius 2 is 1.03 bits per heavy atom. The Morgan fingerprint density at radius 3 is 1.45 bits per heavy atom. The second-order valence-corrected chi connectivity index (χ2v) is 8.00. The maximum Gasteiger partial charge on any atom is 0.338 e. The van der Waals surface area contributed by atoms with Crippen LogP contribution in [0.25, 0.3) is 0 Å². The molecule has 196 valence electrons. The summed E-state index contributed by atoms with van der Waals surface area (Å²) in [7, 11) is 0. The lowest BCUT2D eigenvalue weighted by Crippen LogP contribution is -2.43.